The number of nitrogens with two attached hydrogens (primary N) is 1. The molecule has 4 heteroatoms. The predicted molar refractivity (Wildman–Crippen MR) is 76.9 cm³/mol. The van der Waals surface area contributed by atoms with Crippen molar-refractivity contribution in [1.29, 1.82) is 0 Å². The van der Waals surface area contributed by atoms with Gasteiger partial charge in [-0.1, -0.05) is 37.6 Å². The van der Waals surface area contributed by atoms with E-state index in [-0.39, 0.29) is 6.04 Å². The Labute approximate surface area is 112 Å². The third-order valence-electron chi connectivity index (χ3n) is 2.70. The van der Waals surface area contributed by atoms with E-state index in [9.17, 15) is 0 Å². The first-order chi connectivity index (χ1) is 8.72. The van der Waals surface area contributed by atoms with E-state index in [1.54, 1.807) is 0 Å². The van der Waals surface area contributed by atoms with Crippen molar-refractivity contribution < 1.29 is 8.85 Å². The SMILES string of the molecule is CCCC(N)c1cccc([Si](OCC)OCC)c1. The fourth-order valence-corrected chi connectivity index (χ4v) is 3.30. The van der Waals surface area contributed by atoms with Gasteiger partial charge >= 0.3 is 9.28 Å². The molecule has 0 saturated carbocycles. The minimum atomic E-state index is -1.35. The third kappa shape index (κ3) is 4.53. The van der Waals surface area contributed by atoms with Gasteiger partial charge in [0.2, 0.25) is 0 Å². The Morgan fingerprint density at radius 3 is 2.39 bits per heavy atom. The summed E-state index contributed by atoms with van der Waals surface area (Å²) in [4.78, 5) is 0. The summed E-state index contributed by atoms with van der Waals surface area (Å²) < 4.78 is 11.4. The molecule has 0 saturated heterocycles. The molecule has 0 amide bonds. The van der Waals surface area contributed by atoms with Crippen LogP contribution in [0.1, 0.15) is 45.2 Å². The van der Waals surface area contributed by atoms with Gasteiger partial charge in [-0.2, -0.15) is 0 Å². The Morgan fingerprint density at radius 1 is 1.17 bits per heavy atom. The summed E-state index contributed by atoms with van der Waals surface area (Å²) in [5.74, 6) is 0. The lowest BCUT2D eigenvalue weighted by Crippen LogP contribution is -2.37. The molecule has 1 aromatic carbocycles. The van der Waals surface area contributed by atoms with Gasteiger partial charge < -0.3 is 14.6 Å². The van der Waals surface area contributed by atoms with Gasteiger partial charge in [0.1, 0.15) is 0 Å². The molecule has 0 fully saturated rings. The van der Waals surface area contributed by atoms with Crippen molar-refractivity contribution in [3.8, 4) is 0 Å². The second kappa shape index (κ2) is 8.42. The lowest BCUT2D eigenvalue weighted by atomic mass is 10.0. The molecule has 0 aliphatic carbocycles. The highest BCUT2D eigenvalue weighted by atomic mass is 28.3. The molecule has 0 aromatic heterocycles. The average molecular weight is 266 g/mol. The summed E-state index contributed by atoms with van der Waals surface area (Å²) in [7, 11) is -1.35. The zero-order valence-electron chi connectivity index (χ0n) is 11.6. The molecule has 1 aromatic rings. The van der Waals surface area contributed by atoms with Crippen molar-refractivity contribution in [2.45, 2.75) is 39.7 Å². The fraction of sp³-hybridized carbons (Fsp3) is 0.571. The first-order valence-electron chi connectivity index (χ1n) is 6.71. The molecule has 0 spiro atoms. The van der Waals surface area contributed by atoms with E-state index >= 15 is 0 Å². The van der Waals surface area contributed by atoms with Gasteiger partial charge in [0.25, 0.3) is 0 Å². The molecular weight excluding hydrogens is 242 g/mol. The Hall–Kier alpha value is -0.683. The highest BCUT2D eigenvalue weighted by molar-refractivity contribution is 6.61. The molecule has 1 atom stereocenters. The molecule has 1 radical (unpaired) electrons. The molecule has 2 N–H and O–H groups in total. The number of rotatable bonds is 8. The Balaban J connectivity index is 2.84. The molecule has 0 bridgehead atoms. The van der Waals surface area contributed by atoms with E-state index in [4.69, 9.17) is 14.6 Å². The molecule has 0 aliphatic rings. The summed E-state index contributed by atoms with van der Waals surface area (Å²) in [6, 6.07) is 8.45. The van der Waals surface area contributed by atoms with Crippen LogP contribution in [0.2, 0.25) is 0 Å². The van der Waals surface area contributed by atoms with Gasteiger partial charge in [-0.05, 0) is 31.0 Å². The standard InChI is InChI=1S/C14H24NO2Si/c1-4-8-14(15)12-9-7-10-13(11-12)18(16-5-2)17-6-3/h7,9-11,14H,4-6,8,15H2,1-3H3. The van der Waals surface area contributed by atoms with E-state index < -0.39 is 9.28 Å². The van der Waals surface area contributed by atoms with Crippen LogP contribution >= 0.6 is 0 Å². The summed E-state index contributed by atoms with van der Waals surface area (Å²) in [5.41, 5.74) is 7.33. The summed E-state index contributed by atoms with van der Waals surface area (Å²) >= 11 is 0. The van der Waals surface area contributed by atoms with E-state index in [0.29, 0.717) is 13.2 Å². The number of hydrogen-bond acceptors (Lipinski definition) is 3. The zero-order chi connectivity index (χ0) is 13.4. The normalized spacial score (nSPS) is 12.9. The molecular formula is C14H24NO2Si. The molecule has 1 unspecified atom stereocenters. The second-order valence-electron chi connectivity index (χ2n) is 4.17. The number of hydrogen-bond donors (Lipinski definition) is 1. The van der Waals surface area contributed by atoms with Gasteiger partial charge in [0.15, 0.2) is 0 Å². The topological polar surface area (TPSA) is 44.5 Å². The van der Waals surface area contributed by atoms with Crippen LogP contribution in [0.25, 0.3) is 0 Å². The minimum absolute atomic E-state index is 0.112. The molecule has 3 nitrogen and oxygen atoms in total. The van der Waals surface area contributed by atoms with Crippen LogP contribution < -0.4 is 10.9 Å². The highest BCUT2D eigenvalue weighted by Gasteiger charge is 2.19. The van der Waals surface area contributed by atoms with Gasteiger partial charge in [0.05, 0.1) is 0 Å². The smallest absolute Gasteiger partial charge is 0.390 e. The maximum absolute atomic E-state index is 6.15. The van der Waals surface area contributed by atoms with Crippen molar-refractivity contribution in [1.82, 2.24) is 0 Å². The largest absolute Gasteiger partial charge is 0.423 e. The van der Waals surface area contributed by atoms with Gasteiger partial charge in [-0.25, -0.2) is 0 Å². The summed E-state index contributed by atoms with van der Waals surface area (Å²) in [6.07, 6.45) is 2.11. The van der Waals surface area contributed by atoms with E-state index in [1.807, 2.05) is 19.9 Å². The Bertz CT molecular complexity index is 340. The van der Waals surface area contributed by atoms with Crippen LogP contribution in [0, 0.1) is 0 Å². The summed E-state index contributed by atoms with van der Waals surface area (Å²) in [6.45, 7) is 7.51. The molecule has 0 aliphatic heterocycles. The van der Waals surface area contributed by atoms with Crippen LogP contribution in [-0.4, -0.2) is 22.5 Å². The van der Waals surface area contributed by atoms with Gasteiger partial charge in [-0.3, -0.25) is 0 Å². The molecule has 18 heavy (non-hydrogen) atoms. The monoisotopic (exact) mass is 266 g/mol. The van der Waals surface area contributed by atoms with Crippen molar-refractivity contribution >= 4 is 14.5 Å². The minimum Gasteiger partial charge on any atom is -0.390 e. The highest BCUT2D eigenvalue weighted by Crippen LogP contribution is 2.14. The van der Waals surface area contributed by atoms with Crippen LogP contribution in [0.15, 0.2) is 24.3 Å². The predicted octanol–water partition coefficient (Wildman–Crippen LogP) is 2.25. The van der Waals surface area contributed by atoms with Crippen LogP contribution in [0.5, 0.6) is 0 Å². The van der Waals surface area contributed by atoms with Crippen LogP contribution in [-0.2, 0) is 8.85 Å². The maximum atomic E-state index is 6.15. The first-order valence-corrected chi connectivity index (χ1v) is 8.03. The van der Waals surface area contributed by atoms with E-state index in [1.165, 1.54) is 5.56 Å². The molecule has 101 valence electrons. The van der Waals surface area contributed by atoms with Crippen molar-refractivity contribution in [3.05, 3.63) is 29.8 Å². The van der Waals surface area contributed by atoms with Crippen molar-refractivity contribution in [3.63, 3.8) is 0 Å². The van der Waals surface area contributed by atoms with Crippen molar-refractivity contribution in [2.24, 2.45) is 5.73 Å². The van der Waals surface area contributed by atoms with Gasteiger partial charge in [-0.15, -0.1) is 0 Å². The lowest BCUT2D eigenvalue weighted by molar-refractivity contribution is 0.225. The zero-order valence-corrected chi connectivity index (χ0v) is 12.6. The van der Waals surface area contributed by atoms with Gasteiger partial charge in [0, 0.05) is 19.3 Å². The van der Waals surface area contributed by atoms with Crippen molar-refractivity contribution in [2.75, 3.05) is 13.2 Å². The first kappa shape index (κ1) is 15.4. The fourth-order valence-electron chi connectivity index (χ4n) is 1.84. The number of benzene rings is 1. The summed E-state index contributed by atoms with van der Waals surface area (Å²) in [5, 5.41) is 1.15. The average Bonchev–Trinajstić information content (AvgIpc) is 2.39. The molecule has 1 rings (SSSR count). The van der Waals surface area contributed by atoms with Crippen LogP contribution in [0.4, 0.5) is 0 Å². The maximum Gasteiger partial charge on any atom is 0.423 e. The lowest BCUT2D eigenvalue weighted by Gasteiger charge is -2.16. The quantitative estimate of drug-likeness (QED) is 0.734. The van der Waals surface area contributed by atoms with Crippen LogP contribution in [0.3, 0.4) is 0 Å². The second-order valence-corrected chi connectivity index (χ2v) is 5.90. The third-order valence-corrected chi connectivity index (χ3v) is 4.59. The molecule has 0 heterocycles. The van der Waals surface area contributed by atoms with E-state index in [0.717, 1.165) is 18.0 Å². The Kier molecular flexibility index (Phi) is 7.20. The van der Waals surface area contributed by atoms with E-state index in [2.05, 4.69) is 25.1 Å². The Morgan fingerprint density at radius 2 is 1.83 bits per heavy atom.